The minimum Gasteiger partial charge on any atom is -0.324 e. The van der Waals surface area contributed by atoms with Gasteiger partial charge in [-0.25, -0.2) is 4.39 Å². The summed E-state index contributed by atoms with van der Waals surface area (Å²) < 4.78 is 16.2. The Hall–Kier alpha value is -1.20. The van der Waals surface area contributed by atoms with Gasteiger partial charge in [0.05, 0.1) is 6.20 Å². The molecular weight excluding hydrogens is 297 g/mol. The van der Waals surface area contributed by atoms with Crippen LogP contribution >= 0.6 is 15.9 Å². The van der Waals surface area contributed by atoms with Gasteiger partial charge in [0.2, 0.25) is 0 Å². The van der Waals surface area contributed by atoms with Crippen molar-refractivity contribution in [3.63, 3.8) is 0 Å². The maximum atomic E-state index is 13.7. The van der Waals surface area contributed by atoms with Crippen molar-refractivity contribution in [1.29, 1.82) is 0 Å². The van der Waals surface area contributed by atoms with E-state index < -0.39 is 0 Å². The highest BCUT2D eigenvalue weighted by atomic mass is 79.9. The van der Waals surface area contributed by atoms with Gasteiger partial charge >= 0.3 is 0 Å². The van der Waals surface area contributed by atoms with Gasteiger partial charge in [-0.2, -0.15) is 5.10 Å². The minimum atomic E-state index is -0.293. The molecule has 0 aliphatic heterocycles. The third-order valence-electron chi connectivity index (χ3n) is 2.86. The van der Waals surface area contributed by atoms with Gasteiger partial charge in [0.25, 0.3) is 0 Å². The second kappa shape index (κ2) is 5.63. The lowest BCUT2D eigenvalue weighted by Crippen LogP contribution is -2.13. The van der Waals surface area contributed by atoms with Crippen LogP contribution in [0, 0.1) is 5.82 Å². The number of benzene rings is 1. The highest BCUT2D eigenvalue weighted by Crippen LogP contribution is 2.22. The third-order valence-corrected chi connectivity index (χ3v) is 3.36. The Balaban J connectivity index is 2.01. The molecule has 96 valence electrons. The zero-order chi connectivity index (χ0) is 13.1. The van der Waals surface area contributed by atoms with Gasteiger partial charge in [0, 0.05) is 29.3 Å². The molecule has 0 saturated carbocycles. The summed E-state index contributed by atoms with van der Waals surface area (Å²) in [4.78, 5) is 0. The molecule has 0 spiro atoms. The number of hydrogen-bond acceptors (Lipinski definition) is 2. The first-order chi connectivity index (χ1) is 8.56. The van der Waals surface area contributed by atoms with Crippen molar-refractivity contribution < 1.29 is 4.39 Å². The lowest BCUT2D eigenvalue weighted by Gasteiger charge is -2.12. The molecule has 0 aliphatic rings. The normalized spacial score (nSPS) is 12.7. The summed E-state index contributed by atoms with van der Waals surface area (Å²) in [7, 11) is 1.87. The maximum absolute atomic E-state index is 13.7. The van der Waals surface area contributed by atoms with Crippen LogP contribution in [0.2, 0.25) is 0 Å². The van der Waals surface area contributed by atoms with Crippen LogP contribution in [0.15, 0.2) is 35.1 Å². The van der Waals surface area contributed by atoms with E-state index in [0.717, 1.165) is 16.5 Å². The lowest BCUT2D eigenvalue weighted by atomic mass is 10.0. The van der Waals surface area contributed by atoms with Crippen molar-refractivity contribution >= 4 is 15.9 Å². The number of halogens is 2. The van der Waals surface area contributed by atoms with Crippen LogP contribution in [0.25, 0.3) is 0 Å². The van der Waals surface area contributed by atoms with Crippen molar-refractivity contribution in [1.82, 2.24) is 9.78 Å². The highest BCUT2D eigenvalue weighted by Gasteiger charge is 2.12. The molecule has 1 atom stereocenters. The zero-order valence-corrected chi connectivity index (χ0v) is 11.7. The van der Waals surface area contributed by atoms with Crippen molar-refractivity contribution in [2.24, 2.45) is 12.8 Å². The van der Waals surface area contributed by atoms with Gasteiger partial charge in [0.15, 0.2) is 0 Å². The fourth-order valence-electron chi connectivity index (χ4n) is 1.88. The molecule has 1 heterocycles. The summed E-state index contributed by atoms with van der Waals surface area (Å²) in [6.45, 7) is 0. The fourth-order valence-corrected chi connectivity index (χ4v) is 2.21. The smallest absolute Gasteiger partial charge is 0.129 e. The maximum Gasteiger partial charge on any atom is 0.129 e. The summed E-state index contributed by atoms with van der Waals surface area (Å²) >= 11 is 3.23. The number of aryl methyl sites for hydroxylation is 2. The van der Waals surface area contributed by atoms with Crippen LogP contribution < -0.4 is 5.73 Å². The molecule has 18 heavy (non-hydrogen) atoms. The van der Waals surface area contributed by atoms with Crippen LogP contribution in [0.5, 0.6) is 0 Å². The van der Waals surface area contributed by atoms with Crippen LogP contribution in [0.4, 0.5) is 4.39 Å². The van der Waals surface area contributed by atoms with E-state index >= 15 is 0 Å². The SMILES string of the molecule is Cn1cc(CCC(N)c2ccc(Br)cc2F)cn1. The molecule has 0 bridgehead atoms. The van der Waals surface area contributed by atoms with E-state index in [9.17, 15) is 4.39 Å². The van der Waals surface area contributed by atoms with Crippen molar-refractivity contribution in [3.05, 3.63) is 52.0 Å². The quantitative estimate of drug-likeness (QED) is 0.943. The highest BCUT2D eigenvalue weighted by molar-refractivity contribution is 9.10. The topological polar surface area (TPSA) is 43.8 Å². The Morgan fingerprint density at radius 2 is 2.28 bits per heavy atom. The molecule has 0 aliphatic carbocycles. The average molecular weight is 312 g/mol. The molecule has 2 rings (SSSR count). The Morgan fingerprint density at radius 1 is 1.50 bits per heavy atom. The predicted octanol–water partition coefficient (Wildman–Crippen LogP) is 2.95. The first kappa shape index (κ1) is 13.2. The molecule has 0 saturated heterocycles. The second-order valence-corrected chi connectivity index (χ2v) is 5.25. The van der Waals surface area contributed by atoms with Crippen molar-refractivity contribution in [2.45, 2.75) is 18.9 Å². The van der Waals surface area contributed by atoms with Gasteiger partial charge in [-0.05, 0) is 30.5 Å². The van der Waals surface area contributed by atoms with E-state index in [1.54, 1.807) is 10.7 Å². The molecule has 2 N–H and O–H groups in total. The van der Waals surface area contributed by atoms with E-state index in [1.165, 1.54) is 6.07 Å². The lowest BCUT2D eigenvalue weighted by molar-refractivity contribution is 0.563. The third kappa shape index (κ3) is 3.17. The molecule has 2 aromatic rings. The first-order valence-corrected chi connectivity index (χ1v) is 6.53. The van der Waals surface area contributed by atoms with E-state index in [1.807, 2.05) is 25.5 Å². The number of nitrogens with two attached hydrogens (primary N) is 1. The fraction of sp³-hybridized carbons (Fsp3) is 0.308. The molecule has 1 unspecified atom stereocenters. The Bertz CT molecular complexity index is 539. The van der Waals surface area contributed by atoms with Crippen molar-refractivity contribution in [3.8, 4) is 0 Å². The molecule has 1 aromatic carbocycles. The van der Waals surface area contributed by atoms with Gasteiger partial charge in [-0.15, -0.1) is 0 Å². The predicted molar refractivity (Wildman–Crippen MR) is 72.6 cm³/mol. The molecule has 5 heteroatoms. The summed E-state index contributed by atoms with van der Waals surface area (Å²) in [6.07, 6.45) is 5.25. The Labute approximate surface area is 114 Å². The number of hydrogen-bond donors (Lipinski definition) is 1. The van der Waals surface area contributed by atoms with Crippen molar-refractivity contribution in [2.75, 3.05) is 0 Å². The van der Waals surface area contributed by atoms with Crippen LogP contribution in [0.3, 0.4) is 0 Å². The molecule has 0 radical (unpaired) electrons. The number of rotatable bonds is 4. The molecular formula is C13H15BrFN3. The summed E-state index contributed by atoms with van der Waals surface area (Å²) in [5, 5.41) is 4.09. The van der Waals surface area contributed by atoms with E-state index in [2.05, 4.69) is 21.0 Å². The largest absolute Gasteiger partial charge is 0.324 e. The van der Waals surface area contributed by atoms with Gasteiger partial charge in [0.1, 0.15) is 5.82 Å². The van der Waals surface area contributed by atoms with Gasteiger partial charge in [-0.3, -0.25) is 4.68 Å². The summed E-state index contributed by atoms with van der Waals surface area (Å²) in [5.74, 6) is -0.261. The van der Waals surface area contributed by atoms with E-state index in [-0.39, 0.29) is 11.9 Å². The molecule has 0 amide bonds. The van der Waals surface area contributed by atoms with Gasteiger partial charge in [-0.1, -0.05) is 22.0 Å². The first-order valence-electron chi connectivity index (χ1n) is 5.74. The number of aromatic nitrogens is 2. The van der Waals surface area contributed by atoms with Crippen LogP contribution in [-0.2, 0) is 13.5 Å². The standard InChI is InChI=1S/C13H15BrFN3/c1-18-8-9(7-17-18)2-5-13(16)11-4-3-10(14)6-12(11)15/h3-4,6-8,13H,2,5,16H2,1H3. The molecule has 3 nitrogen and oxygen atoms in total. The monoisotopic (exact) mass is 311 g/mol. The average Bonchev–Trinajstić information content (AvgIpc) is 2.72. The Kier molecular flexibility index (Phi) is 4.14. The van der Waals surface area contributed by atoms with Crippen LogP contribution in [0.1, 0.15) is 23.6 Å². The Morgan fingerprint density at radius 3 is 2.89 bits per heavy atom. The summed E-state index contributed by atoms with van der Waals surface area (Å²) in [6, 6.07) is 4.69. The minimum absolute atomic E-state index is 0.261. The number of nitrogens with zero attached hydrogens (tertiary/aromatic N) is 2. The zero-order valence-electron chi connectivity index (χ0n) is 10.1. The molecule has 0 fully saturated rings. The van der Waals surface area contributed by atoms with E-state index in [4.69, 9.17) is 5.73 Å². The summed E-state index contributed by atoms with van der Waals surface area (Å²) in [5.41, 5.74) is 7.69. The van der Waals surface area contributed by atoms with E-state index in [0.29, 0.717) is 12.0 Å². The van der Waals surface area contributed by atoms with Gasteiger partial charge < -0.3 is 5.73 Å². The molecule has 1 aromatic heterocycles. The second-order valence-electron chi connectivity index (χ2n) is 4.33. The van der Waals surface area contributed by atoms with Crippen LogP contribution in [-0.4, -0.2) is 9.78 Å².